The van der Waals surface area contributed by atoms with Gasteiger partial charge < -0.3 is 14.8 Å². The van der Waals surface area contributed by atoms with Crippen molar-refractivity contribution in [2.24, 2.45) is 0 Å². The van der Waals surface area contributed by atoms with Crippen LogP contribution >= 0.6 is 23.2 Å². The molecule has 2 aromatic rings. The van der Waals surface area contributed by atoms with E-state index in [1.54, 1.807) is 18.2 Å². The minimum Gasteiger partial charge on any atom is -0.454 e. The second-order valence-electron chi connectivity index (χ2n) is 4.47. The molecule has 6 heteroatoms. The van der Waals surface area contributed by atoms with Crippen molar-refractivity contribution in [2.75, 3.05) is 6.79 Å². The maximum absolute atomic E-state index is 12.2. The van der Waals surface area contributed by atoms with E-state index in [1.165, 1.54) is 0 Å². The van der Waals surface area contributed by atoms with Gasteiger partial charge in [0, 0.05) is 17.1 Å². The molecular weight excluding hydrogens is 313 g/mol. The molecule has 3 rings (SSSR count). The number of hydrogen-bond donors (Lipinski definition) is 1. The van der Waals surface area contributed by atoms with Crippen molar-refractivity contribution in [1.29, 1.82) is 0 Å². The summed E-state index contributed by atoms with van der Waals surface area (Å²) >= 11 is 12.1. The molecule has 108 valence electrons. The number of rotatable bonds is 3. The van der Waals surface area contributed by atoms with Crippen molar-refractivity contribution in [2.45, 2.75) is 6.54 Å². The Morgan fingerprint density at radius 1 is 1.14 bits per heavy atom. The molecule has 2 aromatic carbocycles. The summed E-state index contributed by atoms with van der Waals surface area (Å²) in [7, 11) is 0. The van der Waals surface area contributed by atoms with Crippen LogP contribution in [0, 0.1) is 0 Å². The Kier molecular flexibility index (Phi) is 3.90. The summed E-state index contributed by atoms with van der Waals surface area (Å²) in [5, 5.41) is 3.76. The summed E-state index contributed by atoms with van der Waals surface area (Å²) in [6.07, 6.45) is 0. The zero-order chi connectivity index (χ0) is 14.8. The van der Waals surface area contributed by atoms with Gasteiger partial charge in [0.05, 0.1) is 5.02 Å². The number of ether oxygens (including phenoxy) is 2. The van der Waals surface area contributed by atoms with Crippen molar-refractivity contribution in [1.82, 2.24) is 5.32 Å². The number of halogens is 2. The lowest BCUT2D eigenvalue weighted by Gasteiger charge is -2.08. The number of hydrogen-bond acceptors (Lipinski definition) is 3. The van der Waals surface area contributed by atoms with Gasteiger partial charge in [-0.25, -0.2) is 0 Å². The summed E-state index contributed by atoms with van der Waals surface area (Å²) < 4.78 is 10.4. The summed E-state index contributed by atoms with van der Waals surface area (Å²) in [4.78, 5) is 12.2. The van der Waals surface area contributed by atoms with Crippen LogP contribution in [0.4, 0.5) is 0 Å². The first-order valence-electron chi connectivity index (χ1n) is 6.26. The molecule has 0 aromatic heterocycles. The summed E-state index contributed by atoms with van der Waals surface area (Å²) in [6, 6.07) is 10.5. The van der Waals surface area contributed by atoms with E-state index in [0.29, 0.717) is 33.7 Å². The monoisotopic (exact) mass is 323 g/mol. The second kappa shape index (κ2) is 5.84. The molecule has 0 fully saturated rings. The summed E-state index contributed by atoms with van der Waals surface area (Å²) in [5.41, 5.74) is 1.26. The Morgan fingerprint density at radius 2 is 1.95 bits per heavy atom. The third kappa shape index (κ3) is 2.91. The van der Waals surface area contributed by atoms with Crippen molar-refractivity contribution >= 4 is 29.1 Å². The molecule has 0 bridgehead atoms. The molecular formula is C15H11Cl2NO3. The minimum absolute atomic E-state index is 0.111. The summed E-state index contributed by atoms with van der Waals surface area (Å²) in [5.74, 6) is 0.694. The molecule has 21 heavy (non-hydrogen) atoms. The van der Waals surface area contributed by atoms with Crippen LogP contribution in [0.3, 0.4) is 0 Å². The van der Waals surface area contributed by atoms with Crippen molar-refractivity contribution in [3.05, 3.63) is 57.6 Å². The van der Waals surface area contributed by atoms with Gasteiger partial charge in [-0.05, 0) is 23.8 Å². The minimum atomic E-state index is -0.255. The Bertz CT molecular complexity index is 703. The molecule has 1 aliphatic rings. The lowest BCUT2D eigenvalue weighted by atomic mass is 10.1. The molecule has 0 spiro atoms. The zero-order valence-corrected chi connectivity index (χ0v) is 12.4. The Balaban J connectivity index is 1.74. The van der Waals surface area contributed by atoms with Crippen LogP contribution in [0.15, 0.2) is 36.4 Å². The molecule has 4 nitrogen and oxygen atoms in total. The van der Waals surface area contributed by atoms with Crippen LogP contribution in [0.5, 0.6) is 11.5 Å². The van der Waals surface area contributed by atoms with Crippen molar-refractivity contribution < 1.29 is 14.3 Å². The predicted octanol–water partition coefficient (Wildman–Crippen LogP) is 3.65. The highest BCUT2D eigenvalue weighted by Gasteiger charge is 2.20. The lowest BCUT2D eigenvalue weighted by molar-refractivity contribution is 0.0950. The molecule has 1 heterocycles. The molecule has 0 saturated carbocycles. The van der Waals surface area contributed by atoms with Gasteiger partial charge in [0.25, 0.3) is 5.91 Å². The van der Waals surface area contributed by atoms with E-state index in [-0.39, 0.29) is 12.7 Å². The van der Waals surface area contributed by atoms with Gasteiger partial charge in [-0.3, -0.25) is 4.79 Å². The molecule has 1 aliphatic heterocycles. The van der Waals surface area contributed by atoms with E-state index in [2.05, 4.69) is 5.32 Å². The standard InChI is InChI=1S/C15H11Cl2NO3/c16-11-4-2-1-3-9(11)7-18-15(19)10-5-12(17)14-13(6-10)20-8-21-14/h1-6H,7-8H2,(H,18,19). The third-order valence-corrected chi connectivity index (χ3v) is 3.74. The first-order chi connectivity index (χ1) is 10.1. The van der Waals surface area contributed by atoms with Crippen LogP contribution in [0.2, 0.25) is 10.0 Å². The first-order valence-corrected chi connectivity index (χ1v) is 7.01. The quantitative estimate of drug-likeness (QED) is 0.937. The molecule has 0 saturated heterocycles. The van der Waals surface area contributed by atoms with Gasteiger partial charge in [-0.2, -0.15) is 0 Å². The smallest absolute Gasteiger partial charge is 0.251 e. The topological polar surface area (TPSA) is 47.6 Å². The number of carbonyl (C=O) groups excluding carboxylic acids is 1. The average Bonchev–Trinajstić information content (AvgIpc) is 2.95. The fraction of sp³-hybridized carbons (Fsp3) is 0.133. The predicted molar refractivity (Wildman–Crippen MR) is 80.2 cm³/mol. The maximum Gasteiger partial charge on any atom is 0.251 e. The van der Waals surface area contributed by atoms with Gasteiger partial charge >= 0.3 is 0 Å². The Morgan fingerprint density at radius 3 is 2.76 bits per heavy atom. The van der Waals surface area contributed by atoms with Crippen molar-refractivity contribution in [3.63, 3.8) is 0 Å². The van der Waals surface area contributed by atoms with E-state index in [4.69, 9.17) is 32.7 Å². The molecule has 0 radical (unpaired) electrons. The zero-order valence-electron chi connectivity index (χ0n) is 10.9. The van der Waals surface area contributed by atoms with Gasteiger partial charge in [-0.15, -0.1) is 0 Å². The highest BCUT2D eigenvalue weighted by Crippen LogP contribution is 2.39. The van der Waals surface area contributed by atoms with E-state index in [1.807, 2.05) is 18.2 Å². The van der Waals surface area contributed by atoms with Gasteiger partial charge in [-0.1, -0.05) is 41.4 Å². The van der Waals surface area contributed by atoms with Gasteiger partial charge in [0.1, 0.15) is 0 Å². The number of nitrogens with one attached hydrogen (secondary N) is 1. The first kappa shape index (κ1) is 14.0. The number of carbonyl (C=O) groups is 1. The fourth-order valence-corrected chi connectivity index (χ4v) is 2.49. The van der Waals surface area contributed by atoms with E-state index in [0.717, 1.165) is 5.56 Å². The normalized spacial score (nSPS) is 12.3. The Hall–Kier alpha value is -1.91. The van der Waals surface area contributed by atoms with Crippen molar-refractivity contribution in [3.8, 4) is 11.5 Å². The molecule has 0 aliphatic carbocycles. The largest absolute Gasteiger partial charge is 0.454 e. The number of amides is 1. The maximum atomic E-state index is 12.2. The SMILES string of the molecule is O=C(NCc1ccccc1Cl)c1cc(Cl)c2c(c1)OCO2. The number of benzene rings is 2. The summed E-state index contributed by atoms with van der Waals surface area (Å²) in [6.45, 7) is 0.449. The molecule has 0 unspecified atom stereocenters. The van der Waals surface area contributed by atoms with E-state index in [9.17, 15) is 4.79 Å². The molecule has 1 N–H and O–H groups in total. The molecule has 1 amide bonds. The Labute approximate surface area is 131 Å². The van der Waals surface area contributed by atoms with E-state index < -0.39 is 0 Å². The van der Waals surface area contributed by atoms with Crippen LogP contribution in [0.25, 0.3) is 0 Å². The van der Waals surface area contributed by atoms with Crippen LogP contribution < -0.4 is 14.8 Å². The van der Waals surface area contributed by atoms with Gasteiger partial charge in [0.15, 0.2) is 11.5 Å². The van der Waals surface area contributed by atoms with E-state index >= 15 is 0 Å². The fourth-order valence-electron chi connectivity index (χ4n) is 2.02. The average molecular weight is 324 g/mol. The highest BCUT2D eigenvalue weighted by atomic mass is 35.5. The number of fused-ring (bicyclic) bond motifs is 1. The third-order valence-electron chi connectivity index (χ3n) is 3.09. The highest BCUT2D eigenvalue weighted by molar-refractivity contribution is 6.32. The molecule has 0 atom stereocenters. The van der Waals surface area contributed by atoms with Gasteiger partial charge in [0.2, 0.25) is 6.79 Å². The lowest BCUT2D eigenvalue weighted by Crippen LogP contribution is -2.22. The van der Waals surface area contributed by atoms with Crippen LogP contribution in [-0.2, 0) is 6.54 Å². The van der Waals surface area contributed by atoms with Crippen LogP contribution in [-0.4, -0.2) is 12.7 Å². The van der Waals surface area contributed by atoms with Crippen LogP contribution in [0.1, 0.15) is 15.9 Å². The second-order valence-corrected chi connectivity index (χ2v) is 5.28.